The quantitative estimate of drug-likeness (QED) is 0.529. The molecule has 0 unspecified atom stereocenters. The number of pyridine rings is 1. The van der Waals surface area contributed by atoms with Crippen molar-refractivity contribution in [2.24, 2.45) is 0 Å². The van der Waals surface area contributed by atoms with E-state index in [1.807, 2.05) is 36.4 Å². The molecular weight excluding hydrogens is 375 g/mol. The number of hydrogen-bond donors (Lipinski definition) is 0. The molecule has 1 aliphatic rings. The van der Waals surface area contributed by atoms with Gasteiger partial charge >= 0.3 is 0 Å². The van der Waals surface area contributed by atoms with E-state index in [-0.39, 0.29) is 0 Å². The van der Waals surface area contributed by atoms with Crippen LogP contribution in [0.2, 0.25) is 10.0 Å². The van der Waals surface area contributed by atoms with Gasteiger partial charge in [-0.2, -0.15) is 5.26 Å². The van der Waals surface area contributed by atoms with E-state index in [2.05, 4.69) is 18.2 Å². The largest absolute Gasteiger partial charge is 0.251 e. The molecule has 1 aliphatic carbocycles. The van der Waals surface area contributed by atoms with Crippen molar-refractivity contribution in [3.63, 3.8) is 0 Å². The van der Waals surface area contributed by atoms with Crippen LogP contribution in [0, 0.1) is 11.3 Å². The lowest BCUT2D eigenvalue weighted by Gasteiger charge is -2.15. The smallest absolute Gasteiger partial charge is 0.0895 e. The van der Waals surface area contributed by atoms with Gasteiger partial charge < -0.3 is 0 Å². The molecule has 4 heteroatoms. The van der Waals surface area contributed by atoms with Gasteiger partial charge in [0, 0.05) is 16.3 Å². The van der Waals surface area contributed by atoms with Crippen molar-refractivity contribution in [1.29, 1.82) is 5.26 Å². The van der Waals surface area contributed by atoms with Gasteiger partial charge in [0.2, 0.25) is 0 Å². The Kier molecular flexibility index (Phi) is 5.16. The minimum absolute atomic E-state index is 0.435. The maximum Gasteiger partial charge on any atom is 0.0895 e. The zero-order valence-corrected chi connectivity index (χ0v) is 16.3. The van der Waals surface area contributed by atoms with Crippen LogP contribution in [0.3, 0.4) is 0 Å². The number of aromatic nitrogens is 1. The predicted molar refractivity (Wildman–Crippen MR) is 110 cm³/mol. The van der Waals surface area contributed by atoms with Crippen molar-refractivity contribution in [3.8, 4) is 17.3 Å². The molecule has 0 radical (unpaired) electrons. The molecular formula is C23H18Cl2N2. The Morgan fingerprint density at radius 3 is 2.52 bits per heavy atom. The van der Waals surface area contributed by atoms with Crippen LogP contribution in [0.15, 0.2) is 48.5 Å². The third-order valence-corrected chi connectivity index (χ3v) is 5.70. The number of hydrogen-bond acceptors (Lipinski definition) is 2. The molecule has 0 amide bonds. The lowest BCUT2D eigenvalue weighted by Crippen LogP contribution is -2.02. The van der Waals surface area contributed by atoms with Crippen LogP contribution < -0.4 is 0 Å². The normalized spacial score (nSPS) is 12.6. The zero-order chi connectivity index (χ0) is 18.8. The monoisotopic (exact) mass is 392 g/mol. The summed E-state index contributed by atoms with van der Waals surface area (Å²) in [7, 11) is 0. The van der Waals surface area contributed by atoms with Crippen LogP contribution in [0.4, 0.5) is 0 Å². The van der Waals surface area contributed by atoms with Gasteiger partial charge in [0.25, 0.3) is 0 Å². The minimum Gasteiger partial charge on any atom is -0.251 e. The van der Waals surface area contributed by atoms with Gasteiger partial charge in [-0.25, -0.2) is 0 Å². The number of fused-ring (bicyclic) bond motifs is 1. The highest BCUT2D eigenvalue weighted by atomic mass is 35.5. The summed E-state index contributed by atoms with van der Waals surface area (Å²) in [4.78, 5) is 4.88. The number of benzene rings is 2. The summed E-state index contributed by atoms with van der Waals surface area (Å²) in [6.45, 7) is 0. The lowest BCUT2D eigenvalue weighted by atomic mass is 9.96. The Bertz CT molecular complexity index is 1030. The second-order valence-corrected chi connectivity index (χ2v) is 7.68. The summed E-state index contributed by atoms with van der Waals surface area (Å²) >= 11 is 13.0. The van der Waals surface area contributed by atoms with Crippen molar-refractivity contribution in [3.05, 3.63) is 86.5 Å². The third-order valence-electron chi connectivity index (χ3n) is 5.06. The fraction of sp³-hybridized carbons (Fsp3) is 0.217. The van der Waals surface area contributed by atoms with Crippen LogP contribution in [0.5, 0.6) is 0 Å². The molecule has 0 atom stereocenters. The van der Waals surface area contributed by atoms with Crippen LogP contribution in [-0.4, -0.2) is 4.98 Å². The van der Waals surface area contributed by atoms with Crippen molar-refractivity contribution in [2.45, 2.75) is 32.1 Å². The number of rotatable bonds is 4. The molecule has 2 aromatic carbocycles. The first-order valence-corrected chi connectivity index (χ1v) is 9.82. The van der Waals surface area contributed by atoms with Crippen LogP contribution in [0.25, 0.3) is 11.3 Å². The van der Waals surface area contributed by atoms with E-state index in [4.69, 9.17) is 33.4 Å². The summed E-state index contributed by atoms with van der Waals surface area (Å²) in [5, 5.41) is 10.2. The van der Waals surface area contributed by atoms with Gasteiger partial charge in [0.15, 0.2) is 0 Å². The SMILES string of the molecule is N#CCc1ccc(Cc2c(Cl)c(-c3cccc(Cl)c3)nc3c2CCC3)cc1. The molecule has 134 valence electrons. The van der Waals surface area contributed by atoms with Crippen LogP contribution >= 0.6 is 23.2 Å². The van der Waals surface area contributed by atoms with Gasteiger partial charge in [-0.3, -0.25) is 4.98 Å². The fourth-order valence-electron chi connectivity index (χ4n) is 3.72. The van der Waals surface area contributed by atoms with Gasteiger partial charge in [-0.05, 0) is 60.1 Å². The summed E-state index contributed by atoms with van der Waals surface area (Å²) in [5.41, 5.74) is 7.62. The van der Waals surface area contributed by atoms with E-state index < -0.39 is 0 Å². The molecule has 0 saturated carbocycles. The molecule has 0 bridgehead atoms. The van der Waals surface area contributed by atoms with E-state index in [1.165, 1.54) is 16.7 Å². The average molecular weight is 393 g/mol. The molecule has 3 aromatic rings. The van der Waals surface area contributed by atoms with E-state index >= 15 is 0 Å². The Labute approximate surface area is 169 Å². The predicted octanol–water partition coefficient (Wildman–Crippen LogP) is 6.20. The van der Waals surface area contributed by atoms with E-state index in [0.29, 0.717) is 11.4 Å². The molecule has 2 nitrogen and oxygen atoms in total. The second kappa shape index (κ2) is 7.72. The Balaban J connectivity index is 1.77. The Hall–Kier alpha value is -2.34. The van der Waals surface area contributed by atoms with Crippen LogP contribution in [-0.2, 0) is 25.7 Å². The van der Waals surface area contributed by atoms with Crippen molar-refractivity contribution < 1.29 is 0 Å². The first-order chi connectivity index (χ1) is 13.2. The summed E-state index contributed by atoms with van der Waals surface area (Å²) in [6, 6.07) is 18.1. The maximum absolute atomic E-state index is 8.84. The third kappa shape index (κ3) is 3.72. The highest BCUT2D eigenvalue weighted by Crippen LogP contribution is 2.37. The fourth-order valence-corrected chi connectivity index (χ4v) is 4.24. The number of halogens is 2. The van der Waals surface area contributed by atoms with E-state index in [9.17, 15) is 0 Å². The van der Waals surface area contributed by atoms with Gasteiger partial charge in [0.05, 0.1) is 23.2 Å². The molecule has 0 fully saturated rings. The number of nitrogens with zero attached hydrogens (tertiary/aromatic N) is 2. The topological polar surface area (TPSA) is 36.7 Å². The van der Waals surface area contributed by atoms with Crippen molar-refractivity contribution in [2.75, 3.05) is 0 Å². The standard InChI is InChI=1S/C23H18Cl2N2/c24-18-4-1-3-17(14-18)23-22(25)20(19-5-2-6-21(19)27-23)13-16-9-7-15(8-10-16)11-12-26/h1,3-4,7-10,14H,2,5-6,11,13H2. The van der Waals surface area contributed by atoms with Gasteiger partial charge in [0.1, 0.15) is 0 Å². The van der Waals surface area contributed by atoms with Crippen molar-refractivity contribution >= 4 is 23.2 Å². The van der Waals surface area contributed by atoms with E-state index in [0.717, 1.165) is 53.2 Å². The average Bonchev–Trinajstić information content (AvgIpc) is 3.14. The van der Waals surface area contributed by atoms with Crippen LogP contribution in [0.1, 0.15) is 34.4 Å². The highest BCUT2D eigenvalue weighted by molar-refractivity contribution is 6.34. The van der Waals surface area contributed by atoms with Gasteiger partial charge in [-0.1, -0.05) is 59.6 Å². The molecule has 1 aromatic heterocycles. The lowest BCUT2D eigenvalue weighted by molar-refractivity contribution is 0.897. The minimum atomic E-state index is 0.435. The Morgan fingerprint density at radius 1 is 1.00 bits per heavy atom. The summed E-state index contributed by atoms with van der Waals surface area (Å²) < 4.78 is 0. The summed E-state index contributed by atoms with van der Waals surface area (Å²) in [5.74, 6) is 0. The zero-order valence-electron chi connectivity index (χ0n) is 14.8. The number of aryl methyl sites for hydroxylation is 1. The molecule has 0 N–H and O–H groups in total. The molecule has 27 heavy (non-hydrogen) atoms. The molecule has 0 aliphatic heterocycles. The van der Waals surface area contributed by atoms with Gasteiger partial charge in [-0.15, -0.1) is 0 Å². The second-order valence-electron chi connectivity index (χ2n) is 6.87. The maximum atomic E-state index is 8.84. The highest BCUT2D eigenvalue weighted by Gasteiger charge is 2.23. The van der Waals surface area contributed by atoms with Crippen molar-refractivity contribution in [1.82, 2.24) is 4.98 Å². The molecule has 0 saturated heterocycles. The Morgan fingerprint density at radius 2 is 1.78 bits per heavy atom. The molecule has 1 heterocycles. The first-order valence-electron chi connectivity index (χ1n) is 9.06. The molecule has 0 spiro atoms. The number of nitriles is 1. The molecule has 4 rings (SSSR count). The first kappa shape index (κ1) is 18.0. The summed E-state index contributed by atoms with van der Waals surface area (Å²) in [6.07, 6.45) is 4.34. The van der Waals surface area contributed by atoms with E-state index in [1.54, 1.807) is 0 Å².